The molecule has 0 spiro atoms. The fourth-order valence-corrected chi connectivity index (χ4v) is 3.22. The maximum atomic E-state index is 5.84. The second-order valence-electron chi connectivity index (χ2n) is 4.89. The van der Waals surface area contributed by atoms with Crippen molar-refractivity contribution < 1.29 is 0 Å². The molecular formula is C11H18ClN3S. The predicted octanol–water partition coefficient (Wildman–Crippen LogP) is 2.36. The highest BCUT2D eigenvalue weighted by molar-refractivity contribution is 7.13. The molecular weight excluding hydrogens is 242 g/mol. The van der Waals surface area contributed by atoms with E-state index in [9.17, 15) is 0 Å². The maximum Gasteiger partial charge on any atom is 0.183 e. The van der Waals surface area contributed by atoms with Crippen molar-refractivity contribution in [1.29, 1.82) is 0 Å². The van der Waals surface area contributed by atoms with Crippen LogP contribution in [0.25, 0.3) is 0 Å². The molecule has 3 nitrogen and oxygen atoms in total. The lowest BCUT2D eigenvalue weighted by molar-refractivity contribution is 0.132. The summed E-state index contributed by atoms with van der Waals surface area (Å²) in [4.78, 5) is 6.76. The third-order valence-electron chi connectivity index (χ3n) is 3.72. The average molecular weight is 260 g/mol. The second-order valence-corrected chi connectivity index (χ2v) is 6.33. The van der Waals surface area contributed by atoms with Gasteiger partial charge in [-0.2, -0.15) is 0 Å². The molecule has 1 aliphatic rings. The van der Waals surface area contributed by atoms with Gasteiger partial charge >= 0.3 is 0 Å². The standard InChI is InChI=1S/C11H18ClN3S/c1-11(2)8(5-13)3-4-15(11)6-9-7-16-10(12)14-9/h7-8H,3-6,13H2,1-2H3. The van der Waals surface area contributed by atoms with Crippen LogP contribution in [0.2, 0.25) is 4.47 Å². The number of aromatic nitrogens is 1. The zero-order chi connectivity index (χ0) is 11.8. The number of nitrogens with two attached hydrogens (primary N) is 1. The first-order chi connectivity index (χ1) is 7.54. The van der Waals surface area contributed by atoms with Gasteiger partial charge in [-0.05, 0) is 39.3 Å². The maximum absolute atomic E-state index is 5.84. The van der Waals surface area contributed by atoms with Crippen LogP contribution in [-0.4, -0.2) is 28.5 Å². The van der Waals surface area contributed by atoms with E-state index in [1.807, 2.05) is 5.38 Å². The first-order valence-corrected chi connectivity index (χ1v) is 6.85. The molecule has 2 N–H and O–H groups in total. The highest BCUT2D eigenvalue weighted by Crippen LogP contribution is 2.35. The number of hydrogen-bond acceptors (Lipinski definition) is 4. The van der Waals surface area contributed by atoms with E-state index in [1.54, 1.807) is 0 Å². The summed E-state index contributed by atoms with van der Waals surface area (Å²) in [5.74, 6) is 0.585. The minimum Gasteiger partial charge on any atom is -0.330 e. The Morgan fingerprint density at radius 1 is 1.69 bits per heavy atom. The third-order valence-corrected chi connectivity index (χ3v) is 4.75. The Kier molecular flexibility index (Phi) is 3.54. The fraction of sp³-hybridized carbons (Fsp3) is 0.727. The zero-order valence-electron chi connectivity index (χ0n) is 9.74. The Labute approximate surface area is 106 Å². The van der Waals surface area contributed by atoms with E-state index in [0.717, 1.165) is 25.3 Å². The summed E-state index contributed by atoms with van der Waals surface area (Å²) < 4.78 is 0.627. The summed E-state index contributed by atoms with van der Waals surface area (Å²) in [5, 5.41) is 2.04. The fourth-order valence-electron chi connectivity index (χ4n) is 2.45. The minimum absolute atomic E-state index is 0.171. The Morgan fingerprint density at radius 3 is 2.94 bits per heavy atom. The molecule has 0 saturated carbocycles. The zero-order valence-corrected chi connectivity index (χ0v) is 11.3. The van der Waals surface area contributed by atoms with Gasteiger partial charge in [-0.3, -0.25) is 4.90 Å². The number of nitrogens with zero attached hydrogens (tertiary/aromatic N) is 2. The van der Waals surface area contributed by atoms with E-state index >= 15 is 0 Å². The lowest BCUT2D eigenvalue weighted by Gasteiger charge is -2.35. The molecule has 1 atom stereocenters. The molecule has 2 rings (SSSR count). The van der Waals surface area contributed by atoms with Gasteiger partial charge in [0, 0.05) is 17.5 Å². The molecule has 1 unspecified atom stereocenters. The van der Waals surface area contributed by atoms with Crippen LogP contribution >= 0.6 is 22.9 Å². The van der Waals surface area contributed by atoms with Gasteiger partial charge in [-0.1, -0.05) is 11.6 Å². The molecule has 0 amide bonds. The number of likely N-dealkylation sites (tertiary alicyclic amines) is 1. The van der Waals surface area contributed by atoms with Gasteiger partial charge in [0.05, 0.1) is 5.69 Å². The summed E-state index contributed by atoms with van der Waals surface area (Å²) in [6.07, 6.45) is 1.18. The Hall–Kier alpha value is -0.160. The second kappa shape index (κ2) is 4.61. The van der Waals surface area contributed by atoms with Crippen molar-refractivity contribution in [2.75, 3.05) is 13.1 Å². The van der Waals surface area contributed by atoms with Crippen molar-refractivity contribution >= 4 is 22.9 Å². The Morgan fingerprint density at radius 2 is 2.44 bits per heavy atom. The molecule has 1 saturated heterocycles. The van der Waals surface area contributed by atoms with Gasteiger partial charge in [0.1, 0.15) is 0 Å². The summed E-state index contributed by atoms with van der Waals surface area (Å²) in [7, 11) is 0. The molecule has 1 aromatic heterocycles. The van der Waals surface area contributed by atoms with Crippen LogP contribution in [0.5, 0.6) is 0 Å². The molecule has 0 radical (unpaired) electrons. The van der Waals surface area contributed by atoms with E-state index < -0.39 is 0 Å². The molecule has 1 fully saturated rings. The number of hydrogen-bond donors (Lipinski definition) is 1. The van der Waals surface area contributed by atoms with Gasteiger partial charge in [-0.25, -0.2) is 4.98 Å². The van der Waals surface area contributed by atoms with Gasteiger partial charge in [0.2, 0.25) is 0 Å². The van der Waals surface area contributed by atoms with Crippen LogP contribution in [0.3, 0.4) is 0 Å². The van der Waals surface area contributed by atoms with E-state index in [4.69, 9.17) is 17.3 Å². The van der Waals surface area contributed by atoms with Gasteiger partial charge in [0.25, 0.3) is 0 Å². The summed E-state index contributed by atoms with van der Waals surface area (Å²) in [5.41, 5.74) is 7.05. The van der Waals surface area contributed by atoms with Gasteiger partial charge in [0.15, 0.2) is 4.47 Å². The van der Waals surface area contributed by atoms with Crippen molar-refractivity contribution in [2.45, 2.75) is 32.4 Å². The first kappa shape index (κ1) is 12.3. The Bertz CT molecular complexity index is 364. The van der Waals surface area contributed by atoms with Crippen molar-refractivity contribution in [3.8, 4) is 0 Å². The lowest BCUT2D eigenvalue weighted by atomic mass is 9.88. The molecule has 2 heterocycles. The molecule has 0 bridgehead atoms. The summed E-state index contributed by atoms with van der Waals surface area (Å²) in [6.45, 7) is 7.29. The molecule has 0 aromatic carbocycles. The third kappa shape index (κ3) is 2.25. The summed E-state index contributed by atoms with van der Waals surface area (Å²) in [6, 6.07) is 0. The van der Waals surface area contributed by atoms with E-state index in [2.05, 4.69) is 23.7 Å². The van der Waals surface area contributed by atoms with Crippen LogP contribution in [0.4, 0.5) is 0 Å². The average Bonchev–Trinajstić information content (AvgIpc) is 2.73. The molecule has 5 heteroatoms. The largest absolute Gasteiger partial charge is 0.330 e. The highest BCUT2D eigenvalue weighted by atomic mass is 35.5. The predicted molar refractivity (Wildman–Crippen MR) is 68.8 cm³/mol. The van der Waals surface area contributed by atoms with Crippen LogP contribution in [0.15, 0.2) is 5.38 Å². The van der Waals surface area contributed by atoms with E-state index in [1.165, 1.54) is 17.8 Å². The van der Waals surface area contributed by atoms with Crippen molar-refractivity contribution in [1.82, 2.24) is 9.88 Å². The smallest absolute Gasteiger partial charge is 0.183 e. The minimum atomic E-state index is 0.171. The van der Waals surface area contributed by atoms with Crippen molar-refractivity contribution in [2.24, 2.45) is 11.7 Å². The van der Waals surface area contributed by atoms with E-state index in [0.29, 0.717) is 10.4 Å². The summed E-state index contributed by atoms with van der Waals surface area (Å²) >= 11 is 7.34. The number of rotatable bonds is 3. The molecule has 1 aromatic rings. The first-order valence-electron chi connectivity index (χ1n) is 5.59. The Balaban J connectivity index is 2.06. The van der Waals surface area contributed by atoms with Crippen LogP contribution in [0, 0.1) is 5.92 Å². The molecule has 16 heavy (non-hydrogen) atoms. The van der Waals surface area contributed by atoms with Crippen LogP contribution < -0.4 is 5.73 Å². The lowest BCUT2D eigenvalue weighted by Crippen LogP contribution is -2.44. The topological polar surface area (TPSA) is 42.1 Å². The van der Waals surface area contributed by atoms with Crippen LogP contribution in [-0.2, 0) is 6.54 Å². The quantitative estimate of drug-likeness (QED) is 0.906. The van der Waals surface area contributed by atoms with Crippen LogP contribution in [0.1, 0.15) is 26.0 Å². The molecule has 0 aliphatic carbocycles. The highest BCUT2D eigenvalue weighted by Gasteiger charge is 2.40. The molecule has 90 valence electrons. The SMILES string of the molecule is CC1(C)C(CN)CCN1Cc1csc(Cl)n1. The van der Waals surface area contributed by atoms with Crippen molar-refractivity contribution in [3.63, 3.8) is 0 Å². The number of halogens is 1. The van der Waals surface area contributed by atoms with Gasteiger partial charge in [-0.15, -0.1) is 11.3 Å². The van der Waals surface area contributed by atoms with Gasteiger partial charge < -0.3 is 5.73 Å². The number of thiazole rings is 1. The van der Waals surface area contributed by atoms with E-state index in [-0.39, 0.29) is 5.54 Å². The molecule has 1 aliphatic heterocycles. The monoisotopic (exact) mass is 259 g/mol. The normalized spacial score (nSPS) is 25.1. The van der Waals surface area contributed by atoms with Crippen molar-refractivity contribution in [3.05, 3.63) is 15.5 Å².